The number of fused-ring (bicyclic) bond motifs is 4. The van der Waals surface area contributed by atoms with Gasteiger partial charge < -0.3 is 54.3 Å². The Balaban J connectivity index is 0.000000183. The molecule has 0 spiro atoms. The number of ether oxygens (including phenoxy) is 3. The second-order valence-electron chi connectivity index (χ2n) is 27.3. The van der Waals surface area contributed by atoms with E-state index in [2.05, 4.69) is 136 Å². The van der Waals surface area contributed by atoms with E-state index in [1.807, 2.05) is 103 Å². The summed E-state index contributed by atoms with van der Waals surface area (Å²) >= 11 is 2.34. The number of nitrogen functional groups attached to an aromatic ring is 1. The Morgan fingerprint density at radius 3 is 1.49 bits per heavy atom. The highest BCUT2D eigenvalue weighted by atomic mass is 127. The molecule has 24 heteroatoms. The number of carbonyl (C=O) groups is 4. The zero-order valence-corrected chi connectivity index (χ0v) is 61.2. The van der Waals surface area contributed by atoms with Crippen molar-refractivity contribution in [1.29, 1.82) is 0 Å². The predicted octanol–water partition coefficient (Wildman–Crippen LogP) is 13.7. The summed E-state index contributed by atoms with van der Waals surface area (Å²) < 4.78 is 21.5. The van der Waals surface area contributed by atoms with E-state index >= 15 is 0 Å². The number of aryl methyl sites for hydroxylation is 6. The molecule has 0 bridgehead atoms. The number of anilines is 1. The van der Waals surface area contributed by atoms with Crippen LogP contribution in [0.2, 0.25) is 0 Å². The van der Waals surface area contributed by atoms with Crippen molar-refractivity contribution in [2.75, 3.05) is 31.6 Å². The SMILES string of the molecule is Cc1cccc(C)c1-n1nc2c(c1-c1ccc3[nH]ccc3c1)CN(C(=O)OC(C)(C)C)CC2.Cc1cccc(C)c1-n1nc2c(c1I)CN(C(=O)OC(C)(C)C)CC2.Cc1cccc(C)c1NN.Cl.OB(O)c1ccc2[nH]ccc2c1.[C-]#[N+]C1CN(C(=O)OC(C)(C)C)CCC1=O. The van der Waals surface area contributed by atoms with Gasteiger partial charge in [-0.15, -0.1) is 12.4 Å². The lowest BCUT2D eigenvalue weighted by Gasteiger charge is -2.30. The Labute approximate surface area is 588 Å². The van der Waals surface area contributed by atoms with E-state index in [1.165, 1.54) is 38.3 Å². The molecule has 0 aliphatic carbocycles. The fourth-order valence-corrected chi connectivity index (χ4v) is 12.3. The Bertz CT molecular complexity index is 4260. The third-order valence-corrected chi connectivity index (χ3v) is 17.2. The van der Waals surface area contributed by atoms with Crippen molar-refractivity contribution in [3.8, 4) is 22.6 Å². The van der Waals surface area contributed by atoms with E-state index in [4.69, 9.17) is 46.9 Å². The normalized spacial score (nSPS) is 14.3. The summed E-state index contributed by atoms with van der Waals surface area (Å²) in [6, 6.07) is 33.6. The van der Waals surface area contributed by atoms with Crippen molar-refractivity contribution < 1.29 is 43.4 Å². The van der Waals surface area contributed by atoms with Crippen LogP contribution in [0.1, 0.15) is 125 Å². The topological polar surface area (TPSA) is 256 Å². The number of amides is 3. The average Bonchev–Trinajstić information content (AvgIpc) is 1.62. The van der Waals surface area contributed by atoms with E-state index in [1.54, 1.807) is 42.7 Å². The Morgan fingerprint density at radius 2 is 1.03 bits per heavy atom. The molecular weight excluding hydrogens is 1360 g/mol. The van der Waals surface area contributed by atoms with Gasteiger partial charge in [-0.25, -0.2) is 30.3 Å². The van der Waals surface area contributed by atoms with Crippen molar-refractivity contribution in [2.24, 2.45) is 5.84 Å². The number of nitrogens with one attached hydrogen (secondary N) is 3. The van der Waals surface area contributed by atoms with Gasteiger partial charge in [0.15, 0.2) is 0 Å². The van der Waals surface area contributed by atoms with Gasteiger partial charge in [-0.1, -0.05) is 72.8 Å². The zero-order chi connectivity index (χ0) is 70.1. The van der Waals surface area contributed by atoms with E-state index in [9.17, 15) is 19.2 Å². The number of carbonyl (C=O) groups excluding carboxylic acids is 4. The minimum Gasteiger partial charge on any atom is -0.444 e. The number of nitrogens with zero attached hydrogens (tertiary/aromatic N) is 8. The number of para-hydroxylation sites is 3. The number of ketones is 1. The van der Waals surface area contributed by atoms with Crippen molar-refractivity contribution >= 4 is 99.1 Å². The van der Waals surface area contributed by atoms with Crippen LogP contribution in [0.3, 0.4) is 0 Å². The minimum absolute atomic E-state index is 0. The molecular formula is C73H91BClIN12O9. The number of aromatic amines is 2. The van der Waals surface area contributed by atoms with Gasteiger partial charge in [-0.3, -0.25) is 15.5 Å². The molecule has 0 radical (unpaired) electrons. The van der Waals surface area contributed by atoms with Gasteiger partial charge in [-0.2, -0.15) is 10.2 Å². The lowest BCUT2D eigenvalue weighted by atomic mass is 9.80. The van der Waals surface area contributed by atoms with Crippen LogP contribution in [-0.2, 0) is 44.9 Å². The first-order chi connectivity index (χ1) is 45.2. The summed E-state index contributed by atoms with van der Waals surface area (Å²) in [5.41, 5.74) is 20.5. The molecule has 0 saturated carbocycles. The molecule has 7 N–H and O–H groups in total. The smallest absolute Gasteiger partial charge is 0.444 e. The molecule has 4 aromatic heterocycles. The Morgan fingerprint density at radius 1 is 0.608 bits per heavy atom. The van der Waals surface area contributed by atoms with Gasteiger partial charge in [0.25, 0.3) is 6.04 Å². The largest absolute Gasteiger partial charge is 0.488 e. The fraction of sp³-hybridized carbons (Fsp3) is 0.384. The number of Topliss-reactive ketones (excluding diaryl/α,β-unsaturated/α-hetero) is 1. The van der Waals surface area contributed by atoms with Crippen LogP contribution in [-0.4, -0.2) is 134 Å². The Hall–Kier alpha value is -8.67. The number of aromatic nitrogens is 6. The molecule has 1 unspecified atom stereocenters. The molecule has 7 heterocycles. The number of likely N-dealkylation sites (tertiary alicyclic amines) is 1. The van der Waals surface area contributed by atoms with Crippen LogP contribution in [0.5, 0.6) is 0 Å². The number of hydrogen-bond acceptors (Lipinski definition) is 13. The third kappa shape index (κ3) is 19.3. The summed E-state index contributed by atoms with van der Waals surface area (Å²) in [6.45, 7) is 38.9. The van der Waals surface area contributed by atoms with E-state index < -0.39 is 36.1 Å². The summed E-state index contributed by atoms with van der Waals surface area (Å²) in [7, 11) is -1.38. The minimum atomic E-state index is -1.38. The number of piperidine rings is 1. The molecule has 9 aromatic rings. The maximum atomic E-state index is 12.9. The van der Waals surface area contributed by atoms with Crippen molar-refractivity contribution in [1.82, 2.24) is 44.2 Å². The molecule has 12 rings (SSSR count). The van der Waals surface area contributed by atoms with Crippen LogP contribution in [0.15, 0.2) is 116 Å². The van der Waals surface area contributed by atoms with E-state index in [-0.39, 0.29) is 43.3 Å². The Kier molecular flexibility index (Phi) is 25.1. The highest BCUT2D eigenvalue weighted by Crippen LogP contribution is 2.37. The first-order valence-corrected chi connectivity index (χ1v) is 33.2. The second-order valence-corrected chi connectivity index (χ2v) is 28.3. The lowest BCUT2D eigenvalue weighted by Crippen LogP contribution is -2.47. The van der Waals surface area contributed by atoms with Gasteiger partial charge >= 0.3 is 25.4 Å². The maximum absolute atomic E-state index is 12.9. The number of halogens is 2. The van der Waals surface area contributed by atoms with E-state index in [0.717, 1.165) is 82.8 Å². The van der Waals surface area contributed by atoms with Crippen LogP contribution >= 0.6 is 35.0 Å². The number of H-pyrrole nitrogens is 2. The summed E-state index contributed by atoms with van der Waals surface area (Å²) in [5.74, 6) is 5.21. The first kappa shape index (κ1) is 75.7. The summed E-state index contributed by atoms with van der Waals surface area (Å²) in [4.78, 5) is 62.7. The lowest BCUT2D eigenvalue weighted by molar-refractivity contribution is -0.121. The molecule has 3 aliphatic heterocycles. The molecule has 21 nitrogen and oxygen atoms in total. The average molecular weight is 1450 g/mol. The van der Waals surface area contributed by atoms with Gasteiger partial charge in [-0.05, 0) is 201 Å². The van der Waals surface area contributed by atoms with Gasteiger partial charge in [0.2, 0.25) is 5.78 Å². The highest BCUT2D eigenvalue weighted by Gasteiger charge is 2.37. The first-order valence-electron chi connectivity index (χ1n) is 32.1. The van der Waals surface area contributed by atoms with Crippen LogP contribution in [0, 0.1) is 51.8 Å². The molecule has 1 saturated heterocycles. The predicted molar refractivity (Wildman–Crippen MR) is 394 cm³/mol. The fourth-order valence-electron chi connectivity index (χ4n) is 11.5. The summed E-state index contributed by atoms with van der Waals surface area (Å²) in [5, 5.41) is 29.8. The number of benzene rings is 5. The molecule has 1 atom stereocenters. The summed E-state index contributed by atoms with van der Waals surface area (Å²) in [6.07, 6.45) is 4.48. The van der Waals surface area contributed by atoms with Crippen LogP contribution in [0.4, 0.5) is 20.1 Å². The van der Waals surface area contributed by atoms with Crippen molar-refractivity contribution in [3.63, 3.8) is 0 Å². The molecule has 97 heavy (non-hydrogen) atoms. The van der Waals surface area contributed by atoms with Gasteiger partial charge in [0, 0.05) is 84.4 Å². The molecule has 3 aliphatic rings. The quantitative estimate of drug-likeness (QED) is 0.0234. The molecule has 5 aromatic carbocycles. The van der Waals surface area contributed by atoms with Crippen LogP contribution in [0.25, 0.3) is 49.3 Å². The standard InChI is InChI=1S/C27H30N4O2.C19H24IN3O2.C11H16N2O3.C8H8BNO2.C8H12N2.ClH/c1-17-7-6-8-18(2)24(17)31-25(20-9-10-22-19(15-20)11-13-28-22)21-16-30(14-12-23(21)29-31)26(32)33-27(3,4)5;1-12-7-6-8-13(2)16(12)23-17(20)14-11-22(10-9-15(14)21-23)18(24)25-19(3,4)5;1-11(2,3)16-10(15)13-6-5-9(14)8(7-13)12-4;11-9(12)7-1-2-8-6(5-7)3-4-10-8;1-6-4-3-5-7(2)8(6)10-9;/h6-11,13,15,28H,12,14,16H2,1-5H3;6-8H,9-11H2,1-5H3;8H,5-7H2,1-3H3;1-5,10-12H;3-5,10H,9H2,1-2H3;1H. The molecule has 1 fully saturated rings. The molecule has 514 valence electrons. The maximum Gasteiger partial charge on any atom is 0.488 e. The zero-order valence-electron chi connectivity index (χ0n) is 58.2. The number of nitrogens with two attached hydrogens (primary N) is 1. The number of hydrazine groups is 1. The monoisotopic (exact) mass is 1450 g/mol. The highest BCUT2D eigenvalue weighted by molar-refractivity contribution is 14.1. The van der Waals surface area contributed by atoms with E-state index in [0.29, 0.717) is 44.6 Å². The number of hydrogen-bond donors (Lipinski definition) is 6. The third-order valence-electron chi connectivity index (χ3n) is 16.1. The van der Waals surface area contributed by atoms with Crippen molar-refractivity contribution in [2.45, 2.75) is 159 Å². The number of rotatable bonds is 5. The van der Waals surface area contributed by atoms with Gasteiger partial charge in [0.1, 0.15) is 27.0 Å². The van der Waals surface area contributed by atoms with Crippen LogP contribution < -0.4 is 16.7 Å². The van der Waals surface area contributed by atoms with Gasteiger partial charge in [0.05, 0.1) is 47.2 Å². The van der Waals surface area contributed by atoms with Crippen molar-refractivity contribution in [3.05, 3.63) is 187 Å². The second kappa shape index (κ2) is 32.1. The molecule has 3 amide bonds.